The summed E-state index contributed by atoms with van der Waals surface area (Å²) >= 11 is 0. The summed E-state index contributed by atoms with van der Waals surface area (Å²) in [6, 6.07) is 14.2. The first-order valence-electron chi connectivity index (χ1n) is 14.4. The highest BCUT2D eigenvalue weighted by Crippen LogP contribution is 2.56. The number of hydrogen-bond donors (Lipinski definition) is 2. The summed E-state index contributed by atoms with van der Waals surface area (Å²) in [6.45, 7) is 4.79. The van der Waals surface area contributed by atoms with Crippen LogP contribution >= 0.6 is 0 Å². The van der Waals surface area contributed by atoms with Gasteiger partial charge in [0.1, 0.15) is 30.0 Å². The Labute approximate surface area is 255 Å². The molecular weight excluding hydrogens is 585 g/mol. The van der Waals surface area contributed by atoms with Crippen molar-refractivity contribution in [2.24, 2.45) is 0 Å². The van der Waals surface area contributed by atoms with E-state index in [1.165, 1.54) is 18.3 Å². The second-order valence-electron chi connectivity index (χ2n) is 11.7. The fourth-order valence-electron chi connectivity index (χ4n) is 6.07. The Morgan fingerprint density at radius 1 is 1.11 bits per heavy atom. The number of carbonyl (C=O) groups excluding carboxylic acids is 1. The van der Waals surface area contributed by atoms with Gasteiger partial charge in [0.25, 0.3) is 0 Å². The van der Waals surface area contributed by atoms with Gasteiger partial charge < -0.3 is 19.7 Å². The number of amides is 1. The molecule has 2 aliphatic rings. The fourth-order valence-corrected chi connectivity index (χ4v) is 6.62. The monoisotopic (exact) mass is 619 g/mol. The molecule has 3 heterocycles. The van der Waals surface area contributed by atoms with Gasteiger partial charge in [0.05, 0.1) is 29.1 Å². The third-order valence-electron chi connectivity index (χ3n) is 8.04. The van der Waals surface area contributed by atoms with Crippen molar-refractivity contribution in [3.63, 3.8) is 0 Å². The number of fused-ring (bicyclic) bond motifs is 4. The number of halogens is 1. The molecule has 1 fully saturated rings. The van der Waals surface area contributed by atoms with Crippen molar-refractivity contribution in [1.29, 1.82) is 0 Å². The maximum absolute atomic E-state index is 15.7. The van der Waals surface area contributed by atoms with Gasteiger partial charge in [0, 0.05) is 66.8 Å². The van der Waals surface area contributed by atoms with Crippen LogP contribution in [-0.4, -0.2) is 62.9 Å². The van der Waals surface area contributed by atoms with Crippen LogP contribution in [-0.2, 0) is 20.2 Å². The molecule has 2 aromatic carbocycles. The molecule has 6 rings (SSSR count). The van der Waals surface area contributed by atoms with Crippen LogP contribution in [0.15, 0.2) is 60.9 Å². The Bertz CT molecular complexity index is 1850. The lowest BCUT2D eigenvalue weighted by Gasteiger charge is -2.43. The van der Waals surface area contributed by atoms with Crippen LogP contribution in [0.1, 0.15) is 32.3 Å². The quantitative estimate of drug-likeness (QED) is 0.246. The minimum atomic E-state index is -3.69. The van der Waals surface area contributed by atoms with Gasteiger partial charge in [-0.15, -0.1) is 0 Å². The SMILES string of the molecule is CC(C)NCCOc1ncc(-c2cc3c(cc2F)ncc2c3[C@]3(C[C@H](Oc4ccccc4)C3)C(=O)N2C)cc1NS(C)(=O)=O. The number of aromatic nitrogens is 2. The van der Waals surface area contributed by atoms with Gasteiger partial charge in [0.15, 0.2) is 0 Å². The number of pyridine rings is 2. The second-order valence-corrected chi connectivity index (χ2v) is 13.4. The van der Waals surface area contributed by atoms with Gasteiger partial charge in [-0.05, 0) is 24.3 Å². The molecular formula is C32H34FN5O5S. The van der Waals surface area contributed by atoms with Crippen molar-refractivity contribution in [3.8, 4) is 22.8 Å². The molecule has 44 heavy (non-hydrogen) atoms. The number of likely N-dealkylation sites (N-methyl/N-ethyl adjacent to an activating group) is 1. The molecule has 1 spiro atoms. The average Bonchev–Trinajstić information content (AvgIpc) is 3.17. The van der Waals surface area contributed by atoms with E-state index < -0.39 is 21.3 Å². The highest BCUT2D eigenvalue weighted by atomic mass is 32.2. The molecule has 2 N–H and O–H groups in total. The summed E-state index contributed by atoms with van der Waals surface area (Å²) in [5.41, 5.74) is 1.70. The van der Waals surface area contributed by atoms with Crippen molar-refractivity contribution in [3.05, 3.63) is 72.3 Å². The maximum atomic E-state index is 15.7. The molecule has 1 aliphatic heterocycles. The van der Waals surface area contributed by atoms with Gasteiger partial charge >= 0.3 is 0 Å². The minimum Gasteiger partial charge on any atom is -0.490 e. The van der Waals surface area contributed by atoms with Crippen LogP contribution in [0.4, 0.5) is 15.8 Å². The lowest BCUT2D eigenvalue weighted by atomic mass is 9.62. The number of ether oxygens (including phenoxy) is 2. The van der Waals surface area contributed by atoms with E-state index in [9.17, 15) is 13.2 Å². The Hall–Kier alpha value is -4.29. The number of nitrogens with one attached hydrogen (secondary N) is 2. The fraction of sp³-hybridized carbons (Fsp3) is 0.344. The van der Waals surface area contributed by atoms with Gasteiger partial charge in [-0.2, -0.15) is 0 Å². The summed E-state index contributed by atoms with van der Waals surface area (Å²) < 4.78 is 54.3. The van der Waals surface area contributed by atoms with Crippen LogP contribution in [0.3, 0.4) is 0 Å². The molecule has 1 amide bonds. The first kappa shape index (κ1) is 29.8. The molecule has 0 unspecified atom stereocenters. The molecule has 2 aromatic heterocycles. The van der Waals surface area contributed by atoms with E-state index in [0.717, 1.165) is 17.6 Å². The molecule has 10 nitrogen and oxygen atoms in total. The maximum Gasteiger partial charge on any atom is 0.238 e. The van der Waals surface area contributed by atoms with E-state index in [1.807, 2.05) is 44.2 Å². The van der Waals surface area contributed by atoms with Crippen molar-refractivity contribution >= 4 is 38.2 Å². The number of benzene rings is 2. The van der Waals surface area contributed by atoms with Crippen molar-refractivity contribution in [2.75, 3.05) is 36.1 Å². The highest BCUT2D eigenvalue weighted by molar-refractivity contribution is 7.92. The summed E-state index contributed by atoms with van der Waals surface area (Å²) in [5.74, 6) is 0.219. The van der Waals surface area contributed by atoms with E-state index >= 15 is 4.39 Å². The van der Waals surface area contributed by atoms with Crippen LogP contribution in [0.25, 0.3) is 22.0 Å². The number of para-hydroxylation sites is 1. The van der Waals surface area contributed by atoms with Crippen LogP contribution < -0.4 is 24.4 Å². The lowest BCUT2D eigenvalue weighted by Crippen LogP contribution is -2.53. The van der Waals surface area contributed by atoms with Gasteiger partial charge in [-0.3, -0.25) is 14.5 Å². The van der Waals surface area contributed by atoms with E-state index in [1.54, 1.807) is 24.2 Å². The molecule has 1 saturated carbocycles. The summed E-state index contributed by atoms with van der Waals surface area (Å²) in [6.07, 6.45) is 4.89. The molecule has 0 saturated heterocycles. The molecule has 0 radical (unpaired) electrons. The predicted molar refractivity (Wildman–Crippen MR) is 167 cm³/mol. The Balaban J connectivity index is 1.38. The van der Waals surface area contributed by atoms with E-state index in [2.05, 4.69) is 20.0 Å². The molecule has 230 valence electrons. The number of nitrogens with zero attached hydrogens (tertiary/aromatic N) is 3. The average molecular weight is 620 g/mol. The third-order valence-corrected chi connectivity index (χ3v) is 8.63. The number of sulfonamides is 1. The topological polar surface area (TPSA) is 123 Å². The van der Waals surface area contributed by atoms with Crippen molar-refractivity contribution < 1.29 is 27.1 Å². The third kappa shape index (κ3) is 5.55. The van der Waals surface area contributed by atoms with Crippen molar-refractivity contribution in [2.45, 2.75) is 44.2 Å². The Kier molecular flexibility index (Phi) is 7.66. The number of rotatable bonds is 10. The standard InChI is InChI=1S/C32H34FN5O5S/c1-19(2)34-10-11-42-30-27(37-44(4,40)41)12-20(17-36-30)23-13-24-26(14-25(23)33)35-18-28-29(24)32(31(39)38(28)3)15-22(16-32)43-21-8-6-5-7-9-21/h5-9,12-14,17-19,22,34,37H,10-11,15-16H2,1-4H3/t22-,32+. The highest BCUT2D eigenvalue weighted by Gasteiger charge is 2.59. The molecule has 1 aliphatic carbocycles. The first-order chi connectivity index (χ1) is 20.9. The molecule has 0 atom stereocenters. The smallest absolute Gasteiger partial charge is 0.238 e. The van der Waals surface area contributed by atoms with E-state index in [4.69, 9.17) is 9.47 Å². The van der Waals surface area contributed by atoms with Gasteiger partial charge in [0.2, 0.25) is 21.8 Å². The normalized spacial score (nSPS) is 19.4. The minimum absolute atomic E-state index is 0.0460. The Morgan fingerprint density at radius 3 is 2.57 bits per heavy atom. The van der Waals surface area contributed by atoms with Gasteiger partial charge in [-0.1, -0.05) is 32.0 Å². The summed E-state index contributed by atoms with van der Waals surface area (Å²) in [4.78, 5) is 24.1. The summed E-state index contributed by atoms with van der Waals surface area (Å²) in [5, 5.41) is 3.87. The molecule has 0 bridgehead atoms. The second kappa shape index (κ2) is 11.3. The lowest BCUT2D eigenvalue weighted by molar-refractivity contribution is -0.129. The molecule has 12 heteroatoms. The number of anilines is 2. The van der Waals surface area contributed by atoms with E-state index in [0.29, 0.717) is 41.5 Å². The van der Waals surface area contributed by atoms with Crippen molar-refractivity contribution in [1.82, 2.24) is 15.3 Å². The predicted octanol–water partition coefficient (Wildman–Crippen LogP) is 4.64. The molecule has 4 aromatic rings. The number of carbonyl (C=O) groups is 1. The summed E-state index contributed by atoms with van der Waals surface area (Å²) in [7, 11) is -1.97. The first-order valence-corrected chi connectivity index (χ1v) is 16.3. The zero-order valence-electron chi connectivity index (χ0n) is 24.9. The van der Waals surface area contributed by atoms with Crippen LogP contribution in [0.5, 0.6) is 11.6 Å². The zero-order valence-corrected chi connectivity index (χ0v) is 25.7. The van der Waals surface area contributed by atoms with Gasteiger partial charge in [-0.25, -0.2) is 17.8 Å². The van der Waals surface area contributed by atoms with Crippen LogP contribution in [0.2, 0.25) is 0 Å². The number of hydrogen-bond acceptors (Lipinski definition) is 8. The van der Waals surface area contributed by atoms with E-state index in [-0.39, 0.29) is 41.8 Å². The Morgan fingerprint density at radius 2 is 1.86 bits per heavy atom. The zero-order chi connectivity index (χ0) is 31.2. The van der Waals surface area contributed by atoms with Crippen LogP contribution in [0, 0.1) is 5.82 Å². The largest absolute Gasteiger partial charge is 0.490 e.